The summed E-state index contributed by atoms with van der Waals surface area (Å²) >= 11 is 6.13. The summed E-state index contributed by atoms with van der Waals surface area (Å²) in [5.74, 6) is -0.609. The van der Waals surface area contributed by atoms with Crippen LogP contribution in [0, 0.1) is 6.92 Å². The summed E-state index contributed by atoms with van der Waals surface area (Å²) in [6.07, 6.45) is 1.48. The predicted molar refractivity (Wildman–Crippen MR) is 127 cm³/mol. The van der Waals surface area contributed by atoms with Gasteiger partial charge in [0.2, 0.25) is 0 Å². The van der Waals surface area contributed by atoms with E-state index in [-0.39, 0.29) is 11.5 Å². The fourth-order valence-corrected chi connectivity index (χ4v) is 3.42. The number of hydrogen-bond donors (Lipinski definition) is 1. The summed E-state index contributed by atoms with van der Waals surface area (Å²) in [6.45, 7) is 1.95. The summed E-state index contributed by atoms with van der Waals surface area (Å²) < 4.78 is 5.65. The lowest BCUT2D eigenvalue weighted by Crippen LogP contribution is -2.17. The number of fused-ring (bicyclic) bond motifs is 1. The quantitative estimate of drug-likeness (QED) is 0.184. The highest BCUT2D eigenvalue weighted by molar-refractivity contribution is 6.33. The molecule has 158 valence electrons. The molecule has 0 aromatic heterocycles. The summed E-state index contributed by atoms with van der Waals surface area (Å²) in [5.41, 5.74) is 4.90. The van der Waals surface area contributed by atoms with Gasteiger partial charge in [-0.15, -0.1) is 0 Å². The molecule has 0 saturated heterocycles. The number of carbonyl (C=O) groups excluding carboxylic acids is 2. The molecule has 0 spiro atoms. The zero-order valence-corrected chi connectivity index (χ0v) is 18.0. The Kier molecular flexibility index (Phi) is 6.29. The summed E-state index contributed by atoms with van der Waals surface area (Å²) in [4.78, 5) is 25.1. The van der Waals surface area contributed by atoms with Crippen LogP contribution in [0.1, 0.15) is 31.8 Å². The van der Waals surface area contributed by atoms with E-state index in [0.717, 1.165) is 16.3 Å². The highest BCUT2D eigenvalue weighted by Crippen LogP contribution is 2.28. The predicted octanol–water partition coefficient (Wildman–Crippen LogP) is 5.78. The van der Waals surface area contributed by atoms with E-state index in [9.17, 15) is 9.59 Å². The number of hydrazone groups is 1. The Hall–Kier alpha value is -3.96. The monoisotopic (exact) mass is 442 g/mol. The van der Waals surface area contributed by atoms with Crippen LogP contribution >= 0.6 is 11.6 Å². The Morgan fingerprint density at radius 3 is 2.41 bits per heavy atom. The standard InChI is InChI=1S/C26H19ClN2O3/c1-17-10-12-19(13-11-17)25(30)29-28-16-22-20-7-3-2-6-18(20)14-15-24(22)32-26(31)21-8-4-5-9-23(21)27/h2-16H,1H3,(H,29,30)/b28-16-. The van der Waals surface area contributed by atoms with Gasteiger partial charge in [-0.05, 0) is 48.0 Å². The van der Waals surface area contributed by atoms with Gasteiger partial charge in [-0.3, -0.25) is 4.79 Å². The average molecular weight is 443 g/mol. The van der Waals surface area contributed by atoms with Gasteiger partial charge >= 0.3 is 5.97 Å². The van der Waals surface area contributed by atoms with Crippen LogP contribution < -0.4 is 10.2 Å². The number of ether oxygens (including phenoxy) is 1. The van der Waals surface area contributed by atoms with E-state index in [4.69, 9.17) is 16.3 Å². The summed E-state index contributed by atoms with van der Waals surface area (Å²) in [7, 11) is 0. The minimum atomic E-state index is -0.579. The lowest BCUT2D eigenvalue weighted by Gasteiger charge is -2.11. The molecule has 1 amide bonds. The molecule has 4 aromatic carbocycles. The number of hydrogen-bond acceptors (Lipinski definition) is 4. The molecular weight excluding hydrogens is 424 g/mol. The summed E-state index contributed by atoms with van der Waals surface area (Å²) in [5, 5.41) is 6.18. The van der Waals surface area contributed by atoms with E-state index in [1.54, 1.807) is 42.5 Å². The second kappa shape index (κ2) is 9.45. The van der Waals surface area contributed by atoms with Crippen molar-refractivity contribution in [3.63, 3.8) is 0 Å². The zero-order chi connectivity index (χ0) is 22.5. The Labute approximate surface area is 190 Å². The fraction of sp³-hybridized carbons (Fsp3) is 0.0385. The van der Waals surface area contributed by atoms with Crippen molar-refractivity contribution < 1.29 is 14.3 Å². The van der Waals surface area contributed by atoms with Crippen molar-refractivity contribution in [2.75, 3.05) is 0 Å². The average Bonchev–Trinajstić information content (AvgIpc) is 2.80. The maximum absolute atomic E-state index is 12.7. The number of benzene rings is 4. The Balaban J connectivity index is 1.63. The van der Waals surface area contributed by atoms with Crippen molar-refractivity contribution in [1.82, 2.24) is 5.43 Å². The molecule has 4 rings (SSSR count). The number of esters is 1. The van der Waals surface area contributed by atoms with Gasteiger partial charge in [-0.2, -0.15) is 5.10 Å². The Morgan fingerprint density at radius 1 is 0.906 bits per heavy atom. The minimum absolute atomic E-state index is 0.262. The smallest absolute Gasteiger partial charge is 0.345 e. The first-order chi connectivity index (χ1) is 15.5. The van der Waals surface area contributed by atoms with Gasteiger partial charge in [-0.25, -0.2) is 10.2 Å². The van der Waals surface area contributed by atoms with Crippen molar-refractivity contribution >= 4 is 40.5 Å². The van der Waals surface area contributed by atoms with E-state index in [2.05, 4.69) is 10.5 Å². The van der Waals surface area contributed by atoms with Gasteiger partial charge in [0.05, 0.1) is 16.8 Å². The second-order valence-corrected chi connectivity index (χ2v) is 7.54. The number of aryl methyl sites for hydroxylation is 1. The first kappa shape index (κ1) is 21.3. The van der Waals surface area contributed by atoms with Gasteiger partial charge in [0.25, 0.3) is 5.91 Å². The van der Waals surface area contributed by atoms with Crippen molar-refractivity contribution in [2.24, 2.45) is 5.10 Å². The Morgan fingerprint density at radius 2 is 1.62 bits per heavy atom. The molecule has 5 nitrogen and oxygen atoms in total. The molecule has 0 heterocycles. The van der Waals surface area contributed by atoms with Crippen LogP contribution in [0.3, 0.4) is 0 Å². The largest absolute Gasteiger partial charge is 0.422 e. The molecule has 32 heavy (non-hydrogen) atoms. The number of rotatable bonds is 5. The van der Waals surface area contributed by atoms with Crippen molar-refractivity contribution in [3.8, 4) is 5.75 Å². The number of nitrogens with one attached hydrogen (secondary N) is 1. The first-order valence-corrected chi connectivity index (χ1v) is 10.3. The molecule has 0 aliphatic heterocycles. The van der Waals surface area contributed by atoms with Crippen LogP contribution in [-0.4, -0.2) is 18.1 Å². The van der Waals surface area contributed by atoms with Gasteiger partial charge in [0.1, 0.15) is 5.75 Å². The Bertz CT molecular complexity index is 1330. The van der Waals surface area contributed by atoms with E-state index in [1.165, 1.54) is 6.21 Å². The maximum atomic E-state index is 12.7. The van der Waals surface area contributed by atoms with Crippen LogP contribution in [0.5, 0.6) is 5.75 Å². The summed E-state index contributed by atoms with van der Waals surface area (Å²) in [6, 6.07) is 25.0. The lowest BCUT2D eigenvalue weighted by molar-refractivity contribution is 0.0734. The molecule has 4 aromatic rings. The van der Waals surface area contributed by atoms with Crippen LogP contribution in [0.4, 0.5) is 0 Å². The van der Waals surface area contributed by atoms with Gasteiger partial charge in [-0.1, -0.05) is 71.8 Å². The van der Waals surface area contributed by atoms with Gasteiger partial charge in [0, 0.05) is 11.1 Å². The third-order valence-corrected chi connectivity index (χ3v) is 5.23. The molecule has 0 fully saturated rings. The van der Waals surface area contributed by atoms with Crippen molar-refractivity contribution in [3.05, 3.63) is 112 Å². The van der Waals surface area contributed by atoms with Crippen LogP contribution in [0.15, 0.2) is 90.0 Å². The van der Waals surface area contributed by atoms with E-state index >= 15 is 0 Å². The second-order valence-electron chi connectivity index (χ2n) is 7.13. The number of amides is 1. The first-order valence-electron chi connectivity index (χ1n) is 9.91. The maximum Gasteiger partial charge on any atom is 0.345 e. The van der Waals surface area contributed by atoms with E-state index in [0.29, 0.717) is 21.9 Å². The van der Waals surface area contributed by atoms with Crippen LogP contribution in [0.25, 0.3) is 10.8 Å². The zero-order valence-electron chi connectivity index (χ0n) is 17.2. The normalized spacial score (nSPS) is 10.9. The molecule has 0 radical (unpaired) electrons. The van der Waals surface area contributed by atoms with Gasteiger partial charge < -0.3 is 4.74 Å². The SMILES string of the molecule is Cc1ccc(C(=O)N/N=C\c2c(OC(=O)c3ccccc3Cl)ccc3ccccc23)cc1. The number of carbonyl (C=O) groups is 2. The molecular formula is C26H19ClN2O3. The molecule has 0 bridgehead atoms. The number of nitrogens with zero attached hydrogens (tertiary/aromatic N) is 1. The fourth-order valence-electron chi connectivity index (χ4n) is 3.20. The molecule has 0 atom stereocenters. The van der Waals surface area contributed by atoms with Crippen molar-refractivity contribution in [2.45, 2.75) is 6.92 Å². The van der Waals surface area contributed by atoms with E-state index in [1.807, 2.05) is 49.4 Å². The lowest BCUT2D eigenvalue weighted by atomic mass is 10.0. The molecule has 0 aliphatic rings. The van der Waals surface area contributed by atoms with Gasteiger partial charge in [0.15, 0.2) is 0 Å². The molecule has 0 saturated carbocycles. The molecule has 0 unspecified atom stereocenters. The molecule has 0 aliphatic carbocycles. The topological polar surface area (TPSA) is 67.8 Å². The van der Waals surface area contributed by atoms with E-state index < -0.39 is 5.97 Å². The third kappa shape index (κ3) is 4.68. The molecule has 6 heteroatoms. The highest BCUT2D eigenvalue weighted by Gasteiger charge is 2.16. The number of halogens is 1. The minimum Gasteiger partial charge on any atom is -0.422 e. The molecule has 1 N–H and O–H groups in total. The van der Waals surface area contributed by atoms with Crippen molar-refractivity contribution in [1.29, 1.82) is 0 Å². The van der Waals surface area contributed by atoms with Crippen LogP contribution in [-0.2, 0) is 0 Å². The van der Waals surface area contributed by atoms with Crippen LogP contribution in [0.2, 0.25) is 5.02 Å². The third-order valence-electron chi connectivity index (χ3n) is 4.90. The highest BCUT2D eigenvalue weighted by atomic mass is 35.5.